The summed E-state index contributed by atoms with van der Waals surface area (Å²) in [4.78, 5) is 26.7. The fourth-order valence-corrected chi connectivity index (χ4v) is 7.23. The van der Waals surface area contributed by atoms with Crippen LogP contribution in [0.3, 0.4) is 0 Å². The Bertz CT molecular complexity index is 1360. The number of nitrogens with zero attached hydrogens (tertiary/aromatic N) is 1. The third-order valence-electron chi connectivity index (χ3n) is 5.68. The second-order valence-electron chi connectivity index (χ2n) is 8.37. The number of rotatable bonds is 16. The Kier molecular flexibility index (Phi) is 11.9. The van der Waals surface area contributed by atoms with Crippen LogP contribution in [0, 0.1) is 10.1 Å². The minimum Gasteiger partial charge on any atom is -0.496 e. The number of nitro groups is 1. The molecule has 1 N–H and O–H groups in total. The van der Waals surface area contributed by atoms with Gasteiger partial charge in [0.15, 0.2) is 5.75 Å². The first kappa shape index (κ1) is 32.3. The van der Waals surface area contributed by atoms with Crippen LogP contribution in [0.25, 0.3) is 0 Å². The highest BCUT2D eigenvalue weighted by Crippen LogP contribution is 2.57. The van der Waals surface area contributed by atoms with Gasteiger partial charge in [0.1, 0.15) is 5.75 Å². The highest BCUT2D eigenvalue weighted by molar-refractivity contribution is 8.19. The Morgan fingerprint density at radius 2 is 1.66 bits per heavy atom. The number of carboxylic acid groups (broad SMARTS) is 1. The zero-order valence-electron chi connectivity index (χ0n) is 23.5. The van der Waals surface area contributed by atoms with Gasteiger partial charge in [0.05, 0.1) is 35.0 Å². The number of hydrogen-bond donors (Lipinski definition) is 1. The molecule has 0 amide bonds. The Hall–Kier alpha value is -3.22. The average molecular weight is 620 g/mol. The lowest BCUT2D eigenvalue weighted by molar-refractivity contribution is -0.388. The SMILES string of the molecule is CCCOc1c(OCC)c(OC(Sc2ccccc2)(Sc2ccccc2OC)C(=O)O)c(CC)c(SC)c1[N+](=O)[O-]. The molecule has 0 radical (unpaired) electrons. The lowest BCUT2D eigenvalue weighted by Gasteiger charge is -2.32. The van der Waals surface area contributed by atoms with Gasteiger partial charge in [0.2, 0.25) is 11.5 Å². The number of ether oxygens (including phenoxy) is 4. The number of thioether (sulfide) groups is 3. The van der Waals surface area contributed by atoms with E-state index in [0.717, 1.165) is 23.5 Å². The van der Waals surface area contributed by atoms with Crippen LogP contribution in [0.15, 0.2) is 69.3 Å². The molecule has 1 unspecified atom stereocenters. The van der Waals surface area contributed by atoms with Gasteiger partial charge in [-0.05, 0) is 50.3 Å². The lowest BCUT2D eigenvalue weighted by Crippen LogP contribution is -2.38. The van der Waals surface area contributed by atoms with Crippen molar-refractivity contribution in [2.45, 2.75) is 52.6 Å². The van der Waals surface area contributed by atoms with Gasteiger partial charge in [-0.1, -0.05) is 67.7 Å². The van der Waals surface area contributed by atoms with Crippen molar-refractivity contribution in [1.29, 1.82) is 0 Å². The largest absolute Gasteiger partial charge is 0.496 e. The van der Waals surface area contributed by atoms with Crippen LogP contribution in [0.4, 0.5) is 5.69 Å². The number of carboxylic acids is 1. The van der Waals surface area contributed by atoms with Gasteiger partial charge < -0.3 is 24.1 Å². The van der Waals surface area contributed by atoms with Crippen LogP contribution in [0.5, 0.6) is 23.0 Å². The second kappa shape index (κ2) is 15.1. The zero-order chi connectivity index (χ0) is 30.0. The molecule has 0 bridgehead atoms. The molecule has 3 aromatic rings. The van der Waals surface area contributed by atoms with Gasteiger partial charge in [-0.2, -0.15) is 0 Å². The number of aliphatic carboxylic acids is 1. The molecule has 0 aliphatic rings. The minimum atomic E-state index is -2.00. The van der Waals surface area contributed by atoms with E-state index in [1.165, 1.54) is 18.9 Å². The fourth-order valence-electron chi connectivity index (χ4n) is 3.94. The van der Waals surface area contributed by atoms with Gasteiger partial charge in [0, 0.05) is 10.5 Å². The van der Waals surface area contributed by atoms with Crippen molar-refractivity contribution in [3.63, 3.8) is 0 Å². The molecule has 0 spiro atoms. The van der Waals surface area contributed by atoms with E-state index in [0.29, 0.717) is 38.8 Å². The first-order valence-electron chi connectivity index (χ1n) is 12.9. The summed E-state index contributed by atoms with van der Waals surface area (Å²) in [6, 6.07) is 16.1. The first-order chi connectivity index (χ1) is 19.8. The van der Waals surface area contributed by atoms with E-state index >= 15 is 0 Å². The van der Waals surface area contributed by atoms with E-state index in [4.69, 9.17) is 18.9 Å². The number of hydrogen-bond acceptors (Lipinski definition) is 10. The Balaban J connectivity index is 2.38. The quantitative estimate of drug-likeness (QED) is 0.0733. The summed E-state index contributed by atoms with van der Waals surface area (Å²) in [7, 11) is 1.51. The molecule has 3 aromatic carbocycles. The van der Waals surface area contributed by atoms with Crippen molar-refractivity contribution in [1.82, 2.24) is 0 Å². The van der Waals surface area contributed by atoms with Crippen LogP contribution < -0.4 is 18.9 Å². The summed E-state index contributed by atoms with van der Waals surface area (Å²) < 4.78 is 22.0. The molecular formula is C29H33NO8S3. The predicted octanol–water partition coefficient (Wildman–Crippen LogP) is 7.78. The van der Waals surface area contributed by atoms with E-state index in [2.05, 4.69) is 0 Å². The summed E-state index contributed by atoms with van der Waals surface area (Å²) in [5.41, 5.74) is 0.226. The molecule has 12 heteroatoms. The highest BCUT2D eigenvalue weighted by atomic mass is 32.2. The molecule has 3 rings (SSSR count). The van der Waals surface area contributed by atoms with Crippen LogP contribution >= 0.6 is 35.3 Å². The van der Waals surface area contributed by atoms with Gasteiger partial charge in [-0.25, -0.2) is 4.79 Å². The molecule has 9 nitrogen and oxygen atoms in total. The molecule has 0 aliphatic heterocycles. The molecule has 220 valence electrons. The molecule has 0 aliphatic carbocycles. The van der Waals surface area contributed by atoms with E-state index in [1.54, 1.807) is 61.7 Å². The van der Waals surface area contributed by atoms with E-state index < -0.39 is 15.2 Å². The van der Waals surface area contributed by atoms with Crippen molar-refractivity contribution in [2.75, 3.05) is 26.6 Å². The van der Waals surface area contributed by atoms with E-state index in [1.807, 2.05) is 19.9 Å². The van der Waals surface area contributed by atoms with Crippen molar-refractivity contribution in [3.05, 3.63) is 70.3 Å². The van der Waals surface area contributed by atoms with Gasteiger partial charge in [-0.3, -0.25) is 10.1 Å². The topological polar surface area (TPSA) is 117 Å². The Morgan fingerprint density at radius 3 is 2.22 bits per heavy atom. The smallest absolute Gasteiger partial charge is 0.371 e. The molecule has 41 heavy (non-hydrogen) atoms. The van der Waals surface area contributed by atoms with Crippen molar-refractivity contribution < 1.29 is 33.8 Å². The number of carbonyl (C=O) groups is 1. The van der Waals surface area contributed by atoms with Crippen molar-refractivity contribution >= 4 is 46.9 Å². The normalized spacial score (nSPS) is 12.3. The summed E-state index contributed by atoms with van der Waals surface area (Å²) in [5, 5.41) is 23.2. The summed E-state index contributed by atoms with van der Waals surface area (Å²) in [6.07, 6.45) is 2.63. The fraction of sp³-hybridized carbons (Fsp3) is 0.345. The van der Waals surface area contributed by atoms with Gasteiger partial charge in [-0.15, -0.1) is 11.8 Å². The summed E-state index contributed by atoms with van der Waals surface area (Å²) in [6.45, 7) is 5.78. The predicted molar refractivity (Wildman–Crippen MR) is 163 cm³/mol. The van der Waals surface area contributed by atoms with Crippen molar-refractivity contribution in [2.24, 2.45) is 0 Å². The van der Waals surface area contributed by atoms with Crippen LogP contribution in [0.2, 0.25) is 0 Å². The average Bonchev–Trinajstić information content (AvgIpc) is 2.97. The number of methoxy groups -OCH3 is 1. The van der Waals surface area contributed by atoms with Crippen LogP contribution in [0.1, 0.15) is 32.8 Å². The first-order valence-corrected chi connectivity index (χ1v) is 15.8. The number of para-hydroxylation sites is 1. The summed E-state index contributed by atoms with van der Waals surface area (Å²) >= 11 is 3.13. The number of benzene rings is 3. The van der Waals surface area contributed by atoms with E-state index in [-0.39, 0.29) is 36.1 Å². The van der Waals surface area contributed by atoms with Gasteiger partial charge >= 0.3 is 15.9 Å². The summed E-state index contributed by atoms with van der Waals surface area (Å²) in [5.74, 6) is -0.791. The highest BCUT2D eigenvalue weighted by Gasteiger charge is 2.47. The minimum absolute atomic E-state index is 0.00205. The third-order valence-corrected chi connectivity index (χ3v) is 9.14. The molecule has 0 fully saturated rings. The maximum absolute atomic E-state index is 13.3. The van der Waals surface area contributed by atoms with E-state index in [9.17, 15) is 20.0 Å². The maximum atomic E-state index is 13.3. The molecule has 0 saturated carbocycles. The molecule has 0 heterocycles. The maximum Gasteiger partial charge on any atom is 0.371 e. The molecule has 0 saturated heterocycles. The second-order valence-corrected chi connectivity index (χ2v) is 11.9. The molecule has 0 aromatic heterocycles. The monoisotopic (exact) mass is 619 g/mol. The number of nitro benzene ring substituents is 1. The van der Waals surface area contributed by atoms with Crippen LogP contribution in [-0.4, -0.2) is 46.8 Å². The zero-order valence-corrected chi connectivity index (χ0v) is 26.0. The van der Waals surface area contributed by atoms with Crippen LogP contribution in [-0.2, 0) is 11.2 Å². The molecular weight excluding hydrogens is 587 g/mol. The Morgan fingerprint density at radius 1 is 0.976 bits per heavy atom. The Labute approximate surface area is 252 Å². The standard InChI is InChI=1S/C29H33NO8S3/c1-6-18-37-25-23(30(33)34)27(39-5)20(7-2)24(26(25)36-8-3)38-29(28(31)32,40-19-14-10-9-11-15-19)41-22-17-13-12-16-21(22)35-4/h9-17H,6-8,18H2,1-5H3,(H,31,32). The molecule has 1 atom stereocenters. The lowest BCUT2D eigenvalue weighted by atomic mass is 10.1. The van der Waals surface area contributed by atoms with Crippen molar-refractivity contribution in [3.8, 4) is 23.0 Å². The van der Waals surface area contributed by atoms with Gasteiger partial charge in [0.25, 0.3) is 0 Å². The third kappa shape index (κ3) is 7.35.